The summed E-state index contributed by atoms with van der Waals surface area (Å²) in [6, 6.07) is 4.01. The monoisotopic (exact) mass is 540 g/mol. The van der Waals surface area contributed by atoms with Gasteiger partial charge in [-0.1, -0.05) is 0 Å². The van der Waals surface area contributed by atoms with Crippen molar-refractivity contribution < 1.29 is 35.2 Å². The van der Waals surface area contributed by atoms with E-state index in [2.05, 4.69) is 15.0 Å². The highest BCUT2D eigenvalue weighted by Crippen LogP contribution is 2.30. The zero-order valence-corrected chi connectivity index (χ0v) is 20.2. The summed E-state index contributed by atoms with van der Waals surface area (Å²) in [5.41, 5.74) is -0.423. The lowest BCUT2D eigenvalue weighted by Crippen LogP contribution is -2.40. The van der Waals surface area contributed by atoms with Crippen LogP contribution in [0, 0.1) is 11.6 Å². The number of aryl methyl sites for hydroxylation is 1. The molecule has 1 saturated heterocycles. The van der Waals surface area contributed by atoms with Crippen molar-refractivity contribution in [1.82, 2.24) is 19.3 Å². The predicted molar refractivity (Wildman–Crippen MR) is 122 cm³/mol. The van der Waals surface area contributed by atoms with Gasteiger partial charge in [-0.05, 0) is 36.8 Å². The van der Waals surface area contributed by atoms with Gasteiger partial charge in [0.15, 0.2) is 11.6 Å². The number of halogens is 5. The molecule has 0 saturated carbocycles. The largest absolute Gasteiger partial charge is 0.298 e. The highest BCUT2D eigenvalue weighted by atomic mass is 32.2. The molecule has 0 unspecified atom stereocenters. The fourth-order valence-corrected chi connectivity index (χ4v) is 5.63. The number of alkyl halides is 3. The molecular weight excluding hydrogens is 519 g/mol. The maximum Gasteiger partial charge on any atom is 0.288 e. The fraction of sp³-hybridized carbons (Fsp3) is 0.333. The lowest BCUT2D eigenvalue weighted by atomic mass is 10.0. The van der Waals surface area contributed by atoms with Crippen molar-refractivity contribution in [1.29, 1.82) is 0 Å². The molecule has 1 aliphatic heterocycles. The highest BCUT2D eigenvalue weighted by Gasteiger charge is 2.43. The number of benzene rings is 1. The third kappa shape index (κ3) is 5.82. The maximum atomic E-state index is 14.4. The van der Waals surface area contributed by atoms with Crippen LogP contribution in [0.1, 0.15) is 31.2 Å². The zero-order valence-electron chi connectivity index (χ0n) is 19.4. The van der Waals surface area contributed by atoms with Gasteiger partial charge in [0.2, 0.25) is 10.0 Å². The van der Waals surface area contributed by atoms with Gasteiger partial charge in [-0.25, -0.2) is 21.6 Å². The van der Waals surface area contributed by atoms with Crippen LogP contribution in [-0.4, -0.2) is 52.2 Å². The van der Waals surface area contributed by atoms with E-state index in [1.54, 1.807) is 0 Å². The molecule has 2 atom stereocenters. The van der Waals surface area contributed by atoms with Gasteiger partial charge in [0.1, 0.15) is 17.7 Å². The predicted octanol–water partition coefficient (Wildman–Crippen LogP) is 4.23. The summed E-state index contributed by atoms with van der Waals surface area (Å²) in [5, 5.41) is 0. The average molecular weight is 541 g/mol. The third-order valence-corrected chi connectivity index (χ3v) is 7.80. The van der Waals surface area contributed by atoms with E-state index in [1.165, 1.54) is 6.07 Å². The Morgan fingerprint density at radius 1 is 1.08 bits per heavy atom. The number of carbonyl (C=O) groups is 1. The van der Waals surface area contributed by atoms with Crippen molar-refractivity contribution in [2.75, 3.05) is 6.54 Å². The number of hydrogen-bond acceptors (Lipinski definition) is 6. The minimum Gasteiger partial charge on any atom is -0.298 e. The Hall–Kier alpha value is -3.32. The lowest BCUT2D eigenvalue weighted by molar-refractivity contribution is -0.122. The molecule has 1 aliphatic rings. The van der Waals surface area contributed by atoms with E-state index < -0.39 is 57.8 Å². The summed E-state index contributed by atoms with van der Waals surface area (Å²) in [7, 11) is -4.26. The zero-order chi connectivity index (χ0) is 27.0. The van der Waals surface area contributed by atoms with E-state index in [-0.39, 0.29) is 41.1 Å². The smallest absolute Gasteiger partial charge is 0.288 e. The van der Waals surface area contributed by atoms with Crippen molar-refractivity contribution in [2.45, 2.75) is 49.2 Å². The van der Waals surface area contributed by atoms with Crippen molar-refractivity contribution in [3.8, 4) is 11.3 Å². The molecule has 2 aromatic heterocycles. The first-order valence-corrected chi connectivity index (χ1v) is 12.6. The molecule has 0 N–H and O–H groups in total. The van der Waals surface area contributed by atoms with Crippen LogP contribution in [-0.2, 0) is 27.2 Å². The Morgan fingerprint density at radius 3 is 2.41 bits per heavy atom. The van der Waals surface area contributed by atoms with E-state index in [4.69, 9.17) is 0 Å². The Bertz CT molecular complexity index is 1400. The first-order chi connectivity index (χ1) is 17.4. The number of carbonyl (C=O) groups excluding carboxylic acids is 1. The van der Waals surface area contributed by atoms with Crippen LogP contribution in [0.3, 0.4) is 0 Å². The number of nitrogens with zero attached hydrogens (tertiary/aromatic N) is 4. The Kier molecular flexibility index (Phi) is 7.38. The number of sulfonamides is 1. The Morgan fingerprint density at radius 2 is 1.78 bits per heavy atom. The summed E-state index contributed by atoms with van der Waals surface area (Å²) in [4.78, 5) is 24.0. The summed E-state index contributed by atoms with van der Waals surface area (Å²) in [6.45, 7) is 0.140. The SMILES string of the molecule is CC(F)(F)c1cnc(-c2cc(CCC(=O)[C@@H]3C[C@@H](F)CN3S(=O)(=O)c3ccc(F)cc3)ncc2F)cn1. The highest BCUT2D eigenvalue weighted by molar-refractivity contribution is 7.89. The van der Waals surface area contributed by atoms with E-state index in [0.717, 1.165) is 47.2 Å². The van der Waals surface area contributed by atoms with Gasteiger partial charge < -0.3 is 0 Å². The van der Waals surface area contributed by atoms with E-state index >= 15 is 0 Å². The van der Waals surface area contributed by atoms with Crippen LogP contribution in [0.4, 0.5) is 22.0 Å². The molecular formula is C24H21F5N4O3S. The van der Waals surface area contributed by atoms with Crippen LogP contribution in [0.2, 0.25) is 0 Å². The molecule has 0 amide bonds. The number of hydrogen-bond donors (Lipinski definition) is 0. The molecule has 7 nitrogen and oxygen atoms in total. The maximum absolute atomic E-state index is 14.4. The third-order valence-electron chi connectivity index (χ3n) is 5.91. The Labute approximate surface area is 209 Å². The molecule has 0 bridgehead atoms. The molecule has 0 aliphatic carbocycles. The van der Waals surface area contributed by atoms with Crippen molar-refractivity contribution in [3.63, 3.8) is 0 Å². The van der Waals surface area contributed by atoms with Crippen molar-refractivity contribution >= 4 is 15.8 Å². The molecule has 37 heavy (non-hydrogen) atoms. The van der Waals surface area contributed by atoms with Gasteiger partial charge in [0, 0.05) is 37.6 Å². The van der Waals surface area contributed by atoms with Gasteiger partial charge in [-0.2, -0.15) is 13.1 Å². The normalized spacial score (nSPS) is 18.8. The Balaban J connectivity index is 1.50. The minimum absolute atomic E-state index is 0.0203. The van der Waals surface area contributed by atoms with Crippen LogP contribution >= 0.6 is 0 Å². The van der Waals surface area contributed by atoms with Crippen LogP contribution < -0.4 is 0 Å². The molecule has 3 heterocycles. The molecule has 13 heteroatoms. The molecule has 1 aromatic carbocycles. The summed E-state index contributed by atoms with van der Waals surface area (Å²) in [5.74, 6) is -5.21. The van der Waals surface area contributed by atoms with Gasteiger partial charge in [0.05, 0.1) is 35.2 Å². The molecule has 0 radical (unpaired) electrons. The number of pyridine rings is 1. The number of Topliss-reactive ketones (excluding diaryl/α,β-unsaturated/α-hetero) is 1. The van der Waals surface area contributed by atoms with Gasteiger partial charge in [0.25, 0.3) is 5.92 Å². The first-order valence-electron chi connectivity index (χ1n) is 11.2. The van der Waals surface area contributed by atoms with E-state index in [0.29, 0.717) is 6.92 Å². The minimum atomic E-state index is -4.26. The van der Waals surface area contributed by atoms with Crippen LogP contribution in [0.15, 0.2) is 53.8 Å². The van der Waals surface area contributed by atoms with E-state index in [1.807, 2.05) is 0 Å². The fourth-order valence-electron chi connectivity index (χ4n) is 3.98. The number of ketones is 1. The first kappa shape index (κ1) is 26.7. The molecule has 3 aromatic rings. The molecule has 1 fully saturated rings. The van der Waals surface area contributed by atoms with Gasteiger partial charge >= 0.3 is 0 Å². The molecule has 4 rings (SSSR count). The van der Waals surface area contributed by atoms with Crippen LogP contribution in [0.5, 0.6) is 0 Å². The molecule has 196 valence electrons. The summed E-state index contributed by atoms with van der Waals surface area (Å²) in [6.07, 6.45) is 0.584. The van der Waals surface area contributed by atoms with E-state index in [9.17, 15) is 35.2 Å². The standard InChI is InChI=1S/C24H21F5N4O3S/c1-24(28,29)23-12-31-20(11-32-23)18-9-16(30-10-19(18)27)4-7-22(34)21-8-15(26)13-33(21)37(35,36)17-5-2-14(25)3-6-17/h2-3,5-6,9-12,15,21H,4,7-8,13H2,1H3/t15-,21+/m1/s1. The number of aromatic nitrogens is 3. The van der Waals surface area contributed by atoms with Gasteiger partial charge in [-0.3, -0.25) is 19.7 Å². The summed E-state index contributed by atoms with van der Waals surface area (Å²) < 4.78 is 95.3. The second kappa shape index (κ2) is 10.2. The average Bonchev–Trinajstić information content (AvgIpc) is 3.26. The van der Waals surface area contributed by atoms with Gasteiger partial charge in [-0.15, -0.1) is 0 Å². The van der Waals surface area contributed by atoms with Crippen molar-refractivity contribution in [3.05, 3.63) is 71.9 Å². The van der Waals surface area contributed by atoms with Crippen LogP contribution in [0.25, 0.3) is 11.3 Å². The van der Waals surface area contributed by atoms with Crippen molar-refractivity contribution in [2.24, 2.45) is 0 Å². The topological polar surface area (TPSA) is 93.1 Å². The second-order valence-corrected chi connectivity index (χ2v) is 10.6. The molecule has 0 spiro atoms. The lowest BCUT2D eigenvalue weighted by Gasteiger charge is -2.22. The quantitative estimate of drug-likeness (QED) is 0.397. The second-order valence-electron chi connectivity index (χ2n) is 8.67. The summed E-state index contributed by atoms with van der Waals surface area (Å²) >= 11 is 0. The number of rotatable bonds is 8.